The second-order valence-corrected chi connectivity index (χ2v) is 5.09. The molecule has 108 valence electrons. The van der Waals surface area contributed by atoms with E-state index >= 15 is 0 Å². The van der Waals surface area contributed by atoms with Gasteiger partial charge in [-0.1, -0.05) is 28.5 Å². The van der Waals surface area contributed by atoms with Gasteiger partial charge >= 0.3 is 0 Å². The molecule has 0 aliphatic carbocycles. The summed E-state index contributed by atoms with van der Waals surface area (Å²) < 4.78 is 6.78. The minimum atomic E-state index is 0.574. The molecule has 3 heterocycles. The van der Waals surface area contributed by atoms with Gasteiger partial charge in [0.15, 0.2) is 0 Å². The molecule has 0 saturated carbocycles. The van der Waals surface area contributed by atoms with Crippen LogP contribution in [0.1, 0.15) is 11.4 Å². The van der Waals surface area contributed by atoms with Gasteiger partial charge in [-0.25, -0.2) is 9.61 Å². The van der Waals surface area contributed by atoms with Crippen LogP contribution >= 0.6 is 0 Å². The maximum absolute atomic E-state index is 4.75. The van der Waals surface area contributed by atoms with Gasteiger partial charge in [-0.15, -0.1) is 0 Å². The normalized spacial score (nSPS) is 11.1. The molecular formula is C16H13N5O. The number of hydrogen-bond donors (Lipinski definition) is 0. The first kappa shape index (κ1) is 12.7. The fourth-order valence-electron chi connectivity index (χ4n) is 2.46. The van der Waals surface area contributed by atoms with Gasteiger partial charge < -0.3 is 4.57 Å². The summed E-state index contributed by atoms with van der Waals surface area (Å²) in [7, 11) is 0. The second kappa shape index (κ2) is 5.07. The van der Waals surface area contributed by atoms with Crippen LogP contribution in [0.2, 0.25) is 0 Å². The van der Waals surface area contributed by atoms with Gasteiger partial charge in [-0.3, -0.25) is 4.98 Å². The standard InChI is InChI=1S/C16H13N5O/c1-11-15(20-22-19-11)10-21-8-7-18-16(21)13-5-4-12-3-2-6-17-14(12)9-13/h2-9H,10H2,1H3. The zero-order chi connectivity index (χ0) is 14.9. The lowest BCUT2D eigenvalue weighted by Crippen LogP contribution is -2.02. The van der Waals surface area contributed by atoms with Crippen LogP contribution in [0.15, 0.2) is 53.6 Å². The van der Waals surface area contributed by atoms with Gasteiger partial charge in [0, 0.05) is 29.5 Å². The molecule has 0 bridgehead atoms. The quantitative estimate of drug-likeness (QED) is 0.580. The number of fused-ring (bicyclic) bond motifs is 1. The third kappa shape index (κ3) is 2.14. The van der Waals surface area contributed by atoms with Crippen LogP contribution in [0.25, 0.3) is 22.3 Å². The predicted molar refractivity (Wildman–Crippen MR) is 81.1 cm³/mol. The molecule has 4 aromatic rings. The van der Waals surface area contributed by atoms with E-state index in [9.17, 15) is 0 Å². The van der Waals surface area contributed by atoms with E-state index in [4.69, 9.17) is 4.63 Å². The van der Waals surface area contributed by atoms with Gasteiger partial charge in [0.25, 0.3) is 0 Å². The molecule has 6 nitrogen and oxygen atoms in total. The zero-order valence-electron chi connectivity index (χ0n) is 12.0. The van der Waals surface area contributed by atoms with Crippen molar-refractivity contribution in [1.82, 2.24) is 24.8 Å². The van der Waals surface area contributed by atoms with Crippen LogP contribution in [0.4, 0.5) is 0 Å². The molecule has 0 spiro atoms. The van der Waals surface area contributed by atoms with Gasteiger partial charge in [-0.05, 0) is 19.1 Å². The van der Waals surface area contributed by atoms with Crippen molar-refractivity contribution in [2.75, 3.05) is 0 Å². The van der Waals surface area contributed by atoms with Crippen molar-refractivity contribution in [3.05, 3.63) is 60.3 Å². The van der Waals surface area contributed by atoms with Crippen LogP contribution in [0, 0.1) is 6.92 Å². The van der Waals surface area contributed by atoms with E-state index < -0.39 is 0 Å². The lowest BCUT2D eigenvalue weighted by molar-refractivity contribution is 0.300. The van der Waals surface area contributed by atoms with Crippen molar-refractivity contribution in [3.63, 3.8) is 0 Å². The Morgan fingerprint density at radius 1 is 1.09 bits per heavy atom. The third-order valence-electron chi connectivity index (χ3n) is 3.65. The molecule has 0 N–H and O–H groups in total. The van der Waals surface area contributed by atoms with E-state index in [0.717, 1.165) is 33.7 Å². The van der Waals surface area contributed by atoms with Gasteiger partial charge in [0.2, 0.25) is 0 Å². The summed E-state index contributed by atoms with van der Waals surface area (Å²) in [6.07, 6.45) is 5.50. The highest BCUT2D eigenvalue weighted by molar-refractivity contribution is 5.82. The molecule has 0 amide bonds. The fraction of sp³-hybridized carbons (Fsp3) is 0.125. The van der Waals surface area contributed by atoms with Crippen LogP contribution in [-0.4, -0.2) is 24.8 Å². The largest absolute Gasteiger partial charge is 0.325 e. The Kier molecular flexibility index (Phi) is 2.93. The third-order valence-corrected chi connectivity index (χ3v) is 3.65. The number of aryl methyl sites for hydroxylation is 1. The number of hydrogen-bond acceptors (Lipinski definition) is 5. The topological polar surface area (TPSA) is 69.6 Å². The minimum Gasteiger partial charge on any atom is -0.325 e. The molecule has 0 fully saturated rings. The van der Waals surface area contributed by atoms with Gasteiger partial charge in [0.1, 0.15) is 17.2 Å². The predicted octanol–water partition coefficient (Wildman–Crippen LogP) is 2.84. The van der Waals surface area contributed by atoms with E-state index in [1.54, 1.807) is 12.4 Å². The van der Waals surface area contributed by atoms with E-state index in [-0.39, 0.29) is 0 Å². The van der Waals surface area contributed by atoms with Crippen molar-refractivity contribution in [3.8, 4) is 11.4 Å². The van der Waals surface area contributed by atoms with Gasteiger partial charge in [-0.2, -0.15) is 0 Å². The highest BCUT2D eigenvalue weighted by atomic mass is 16.6. The monoisotopic (exact) mass is 291 g/mol. The number of benzene rings is 1. The molecule has 0 unspecified atom stereocenters. The van der Waals surface area contributed by atoms with Crippen LogP contribution < -0.4 is 0 Å². The van der Waals surface area contributed by atoms with Crippen molar-refractivity contribution in [1.29, 1.82) is 0 Å². The Hall–Kier alpha value is -3.02. The van der Waals surface area contributed by atoms with Crippen LogP contribution in [0.5, 0.6) is 0 Å². The summed E-state index contributed by atoms with van der Waals surface area (Å²) >= 11 is 0. The molecule has 0 saturated heterocycles. The van der Waals surface area contributed by atoms with Crippen molar-refractivity contribution >= 4 is 10.9 Å². The number of aromatic nitrogens is 5. The Morgan fingerprint density at radius 2 is 2.05 bits per heavy atom. The van der Waals surface area contributed by atoms with Crippen LogP contribution in [0.3, 0.4) is 0 Å². The Balaban J connectivity index is 1.76. The highest BCUT2D eigenvalue weighted by Crippen LogP contribution is 2.22. The van der Waals surface area contributed by atoms with Crippen LogP contribution in [-0.2, 0) is 6.54 Å². The molecule has 0 aliphatic rings. The molecule has 22 heavy (non-hydrogen) atoms. The van der Waals surface area contributed by atoms with Crippen molar-refractivity contribution < 1.29 is 4.63 Å². The summed E-state index contributed by atoms with van der Waals surface area (Å²) in [5.41, 5.74) is 3.57. The molecule has 6 heteroatoms. The number of nitrogens with zero attached hydrogens (tertiary/aromatic N) is 5. The highest BCUT2D eigenvalue weighted by Gasteiger charge is 2.11. The average molecular weight is 291 g/mol. The molecule has 0 aliphatic heterocycles. The molecular weight excluding hydrogens is 278 g/mol. The minimum absolute atomic E-state index is 0.574. The van der Waals surface area contributed by atoms with Crippen molar-refractivity contribution in [2.45, 2.75) is 13.5 Å². The summed E-state index contributed by atoms with van der Waals surface area (Å²) in [6, 6.07) is 10.1. The van der Waals surface area contributed by atoms with Gasteiger partial charge in [0.05, 0.1) is 12.1 Å². The molecule has 1 aromatic carbocycles. The number of rotatable bonds is 3. The summed E-state index contributed by atoms with van der Waals surface area (Å²) in [4.78, 5) is 8.86. The summed E-state index contributed by atoms with van der Waals surface area (Å²) in [5.74, 6) is 0.870. The van der Waals surface area contributed by atoms with E-state index in [2.05, 4.69) is 32.4 Å². The number of pyridine rings is 1. The first-order valence-electron chi connectivity index (χ1n) is 6.95. The van der Waals surface area contributed by atoms with Crippen molar-refractivity contribution in [2.24, 2.45) is 0 Å². The lowest BCUT2D eigenvalue weighted by atomic mass is 10.1. The molecule has 0 atom stereocenters. The Morgan fingerprint density at radius 3 is 2.91 bits per heavy atom. The SMILES string of the molecule is Cc1nonc1Cn1ccnc1-c1ccc2cccnc2c1. The molecule has 4 rings (SSSR count). The first-order valence-corrected chi connectivity index (χ1v) is 6.95. The lowest BCUT2D eigenvalue weighted by Gasteiger charge is -2.07. The van der Waals surface area contributed by atoms with E-state index in [1.807, 2.05) is 35.9 Å². The molecule has 0 radical (unpaired) electrons. The first-order chi connectivity index (χ1) is 10.8. The maximum atomic E-state index is 4.75. The molecule has 3 aromatic heterocycles. The summed E-state index contributed by atoms with van der Waals surface area (Å²) in [5, 5.41) is 8.85. The zero-order valence-corrected chi connectivity index (χ0v) is 12.0. The second-order valence-electron chi connectivity index (χ2n) is 5.09. The Bertz CT molecular complexity index is 940. The summed E-state index contributed by atoms with van der Waals surface area (Å²) in [6.45, 7) is 2.45. The van der Waals surface area contributed by atoms with E-state index in [1.165, 1.54) is 0 Å². The smallest absolute Gasteiger partial charge is 0.140 e. The average Bonchev–Trinajstić information content (AvgIpc) is 3.17. The Labute approximate surface area is 126 Å². The van der Waals surface area contributed by atoms with E-state index in [0.29, 0.717) is 6.54 Å². The maximum Gasteiger partial charge on any atom is 0.140 e. The fourth-order valence-corrected chi connectivity index (χ4v) is 2.46. The number of imidazole rings is 1.